The normalized spacial score (nSPS) is 10.4. The number of carboxylic acid groups (broad SMARTS) is 1. The number of aromatic nitrogens is 1. The zero-order chi connectivity index (χ0) is 12.6. The van der Waals surface area contributed by atoms with Gasteiger partial charge in [0.15, 0.2) is 6.29 Å². The van der Waals surface area contributed by atoms with Crippen LogP contribution in [0.3, 0.4) is 0 Å². The number of nitrogens with one attached hydrogen (secondary N) is 1. The molecular weight excluding hydrogens is 241 g/mol. The first-order valence-corrected chi connectivity index (χ1v) is 5.26. The number of hydrogen-bond donors (Lipinski definition) is 2. The summed E-state index contributed by atoms with van der Waals surface area (Å²) in [5, 5.41) is 9.81. The average Bonchev–Trinajstić information content (AvgIpc) is 2.74. The minimum Gasteiger partial charge on any atom is -0.475 e. The van der Waals surface area contributed by atoms with Crippen LogP contribution in [0.4, 0.5) is 0 Å². The van der Waals surface area contributed by atoms with E-state index in [1.165, 1.54) is 6.20 Å². The van der Waals surface area contributed by atoms with Crippen molar-refractivity contribution >= 4 is 43.5 Å². The van der Waals surface area contributed by atoms with Crippen LogP contribution in [0, 0.1) is 0 Å². The molecule has 2 rings (SSSR count). The zero-order valence-corrected chi connectivity index (χ0v) is 9.71. The van der Waals surface area contributed by atoms with E-state index in [0.717, 1.165) is 0 Å². The lowest BCUT2D eigenvalue weighted by Crippen LogP contribution is -2.13. The fraction of sp³-hybridized carbons (Fsp3) is 0. The third kappa shape index (κ3) is 1.74. The third-order valence-electron chi connectivity index (χ3n) is 2.47. The van der Waals surface area contributed by atoms with E-state index >= 15 is 0 Å². The van der Waals surface area contributed by atoms with Gasteiger partial charge in [-0.15, -0.1) is 9.24 Å². The van der Waals surface area contributed by atoms with E-state index in [1.807, 2.05) is 0 Å². The number of carbonyl (C=O) groups is 3. The van der Waals surface area contributed by atoms with Crippen LogP contribution in [0.5, 0.6) is 0 Å². The Morgan fingerprint density at radius 3 is 2.65 bits per heavy atom. The van der Waals surface area contributed by atoms with Crippen molar-refractivity contribution in [2.24, 2.45) is 0 Å². The minimum atomic E-state index is -1.52. The van der Waals surface area contributed by atoms with Crippen molar-refractivity contribution in [2.75, 3.05) is 0 Å². The van der Waals surface area contributed by atoms with Crippen molar-refractivity contribution in [3.8, 4) is 0 Å². The quantitative estimate of drug-likeness (QED) is 0.363. The number of ketones is 1. The summed E-state index contributed by atoms with van der Waals surface area (Å²) in [4.78, 5) is 35.7. The summed E-state index contributed by atoms with van der Waals surface area (Å²) < 4.78 is 0. The van der Waals surface area contributed by atoms with Crippen LogP contribution >= 0.6 is 9.24 Å². The van der Waals surface area contributed by atoms with Crippen LogP contribution in [-0.2, 0) is 4.79 Å². The molecule has 0 saturated heterocycles. The van der Waals surface area contributed by atoms with Crippen LogP contribution in [0.15, 0.2) is 18.3 Å². The molecule has 0 aliphatic rings. The van der Waals surface area contributed by atoms with Gasteiger partial charge in [-0.05, 0) is 11.4 Å². The number of carboxylic acids is 1. The summed E-state index contributed by atoms with van der Waals surface area (Å²) in [5.74, 6) is -2.52. The van der Waals surface area contributed by atoms with Gasteiger partial charge in [0.1, 0.15) is 0 Å². The highest BCUT2D eigenvalue weighted by atomic mass is 31.0. The summed E-state index contributed by atoms with van der Waals surface area (Å²) in [6, 6.07) is 3.24. The van der Waals surface area contributed by atoms with E-state index in [0.29, 0.717) is 28.1 Å². The smallest absolute Gasteiger partial charge is 0.377 e. The van der Waals surface area contributed by atoms with Crippen molar-refractivity contribution in [2.45, 2.75) is 0 Å². The highest BCUT2D eigenvalue weighted by molar-refractivity contribution is 7.28. The highest BCUT2D eigenvalue weighted by Crippen LogP contribution is 2.21. The van der Waals surface area contributed by atoms with Gasteiger partial charge >= 0.3 is 5.97 Å². The molecule has 0 bridgehead atoms. The standard InChI is InChI=1S/C11H8NO4P/c13-4-5-1-2-7(17)8-6(3-12-9(5)8)10(14)11(15)16/h1-4,12H,17H2,(H,15,16). The van der Waals surface area contributed by atoms with Gasteiger partial charge in [-0.2, -0.15) is 0 Å². The van der Waals surface area contributed by atoms with Crippen molar-refractivity contribution in [1.29, 1.82) is 0 Å². The van der Waals surface area contributed by atoms with Crippen molar-refractivity contribution in [3.05, 3.63) is 29.5 Å². The van der Waals surface area contributed by atoms with Gasteiger partial charge in [-0.25, -0.2) is 4.79 Å². The molecule has 1 heterocycles. The second kappa shape index (κ2) is 4.11. The average molecular weight is 249 g/mol. The predicted octanol–water partition coefficient (Wildman–Crippen LogP) is 0.748. The lowest BCUT2D eigenvalue weighted by Gasteiger charge is -2.00. The van der Waals surface area contributed by atoms with Gasteiger partial charge in [0.25, 0.3) is 5.78 Å². The molecule has 1 unspecified atom stereocenters. The molecule has 6 heteroatoms. The summed E-state index contributed by atoms with van der Waals surface area (Å²) in [6.45, 7) is 0. The molecule has 0 aliphatic heterocycles. The van der Waals surface area contributed by atoms with Crippen LogP contribution in [-0.4, -0.2) is 28.1 Å². The Bertz CT molecular complexity index is 644. The Kier molecular flexibility index (Phi) is 2.77. The molecule has 17 heavy (non-hydrogen) atoms. The Labute approximate surface area is 98.0 Å². The Hall–Kier alpha value is -2.00. The fourth-order valence-electron chi connectivity index (χ4n) is 1.69. The second-order valence-electron chi connectivity index (χ2n) is 3.45. The predicted molar refractivity (Wildman–Crippen MR) is 65.0 cm³/mol. The second-order valence-corrected chi connectivity index (χ2v) is 4.07. The van der Waals surface area contributed by atoms with Crippen molar-refractivity contribution in [3.63, 3.8) is 0 Å². The van der Waals surface area contributed by atoms with Crippen molar-refractivity contribution < 1.29 is 19.5 Å². The fourth-order valence-corrected chi connectivity index (χ4v) is 2.09. The molecular formula is C11H8NO4P. The number of aromatic amines is 1. The maximum absolute atomic E-state index is 11.5. The Morgan fingerprint density at radius 1 is 1.35 bits per heavy atom. The molecule has 0 spiro atoms. The van der Waals surface area contributed by atoms with Crippen LogP contribution in [0.2, 0.25) is 0 Å². The number of hydrogen-bond acceptors (Lipinski definition) is 3. The maximum Gasteiger partial charge on any atom is 0.377 e. The number of aldehydes is 1. The van der Waals surface area contributed by atoms with Crippen LogP contribution < -0.4 is 5.30 Å². The van der Waals surface area contributed by atoms with Gasteiger partial charge < -0.3 is 10.1 Å². The summed E-state index contributed by atoms with van der Waals surface area (Å²) in [5.41, 5.74) is 0.911. The van der Waals surface area contributed by atoms with Crippen molar-refractivity contribution in [1.82, 2.24) is 4.98 Å². The summed E-state index contributed by atoms with van der Waals surface area (Å²) in [7, 11) is 2.41. The number of Topliss-reactive ketones (excluding diaryl/α,β-unsaturated/α-hetero) is 1. The molecule has 2 aromatic rings. The SMILES string of the molecule is O=Cc1ccc(P)c2c(C(=O)C(=O)O)c[nH]c12. The third-order valence-corrected chi connectivity index (χ3v) is 2.95. The monoisotopic (exact) mass is 249 g/mol. The van der Waals surface area contributed by atoms with E-state index < -0.39 is 11.8 Å². The molecule has 1 atom stereocenters. The molecule has 2 N–H and O–H groups in total. The highest BCUT2D eigenvalue weighted by Gasteiger charge is 2.20. The van der Waals surface area contributed by atoms with E-state index in [2.05, 4.69) is 14.2 Å². The molecule has 0 radical (unpaired) electrons. The topological polar surface area (TPSA) is 87.2 Å². The molecule has 5 nitrogen and oxygen atoms in total. The molecule has 1 aromatic heterocycles. The van der Waals surface area contributed by atoms with E-state index in [4.69, 9.17) is 5.11 Å². The summed E-state index contributed by atoms with van der Waals surface area (Å²) in [6.07, 6.45) is 1.96. The number of aliphatic carboxylic acids is 1. The molecule has 0 amide bonds. The van der Waals surface area contributed by atoms with E-state index in [9.17, 15) is 14.4 Å². The first kappa shape index (κ1) is 11.5. The van der Waals surface area contributed by atoms with Crippen LogP contribution in [0.25, 0.3) is 10.9 Å². The number of carbonyl (C=O) groups excluding carboxylic acids is 2. The lowest BCUT2D eigenvalue weighted by molar-refractivity contribution is -0.131. The zero-order valence-electron chi connectivity index (χ0n) is 8.56. The molecule has 86 valence electrons. The summed E-state index contributed by atoms with van der Waals surface area (Å²) >= 11 is 0. The number of H-pyrrole nitrogens is 1. The van der Waals surface area contributed by atoms with Gasteiger partial charge in [-0.3, -0.25) is 9.59 Å². The van der Waals surface area contributed by atoms with Crippen LogP contribution in [0.1, 0.15) is 20.7 Å². The molecule has 1 aromatic carbocycles. The number of benzene rings is 1. The van der Waals surface area contributed by atoms with E-state index in [-0.39, 0.29) is 5.56 Å². The molecule has 0 saturated carbocycles. The van der Waals surface area contributed by atoms with Gasteiger partial charge in [-0.1, -0.05) is 6.07 Å². The van der Waals surface area contributed by atoms with Gasteiger partial charge in [0.2, 0.25) is 0 Å². The maximum atomic E-state index is 11.5. The minimum absolute atomic E-state index is 0.0567. The Balaban J connectivity index is 2.80. The van der Waals surface area contributed by atoms with Gasteiger partial charge in [0.05, 0.1) is 11.1 Å². The Morgan fingerprint density at radius 2 is 2.06 bits per heavy atom. The number of rotatable bonds is 3. The van der Waals surface area contributed by atoms with E-state index in [1.54, 1.807) is 12.1 Å². The molecule has 0 aliphatic carbocycles. The first-order valence-electron chi connectivity index (χ1n) is 4.68. The largest absolute Gasteiger partial charge is 0.475 e. The number of fused-ring (bicyclic) bond motifs is 1. The first-order chi connectivity index (χ1) is 8.06. The molecule has 0 fully saturated rings. The lowest BCUT2D eigenvalue weighted by atomic mass is 10.1. The van der Waals surface area contributed by atoms with Gasteiger partial charge in [0, 0.05) is 17.1 Å².